The molecular formula is C28H32N2O2. The van der Waals surface area contributed by atoms with Gasteiger partial charge in [0.2, 0.25) is 0 Å². The standard InChI is InChI=1S/C28H32N2O2/c1-19-14-27-26(20(2)17-28(3,4)30(27)5)15-21(19)18-29-22-10-12-23(13-11-22)32-25-9-7-8-24(16-25)31-6/h7-16,18,20H,17H2,1-6H3. The largest absolute Gasteiger partial charge is 0.497 e. The van der Waals surface area contributed by atoms with Crippen LogP contribution in [0.25, 0.3) is 0 Å². The fourth-order valence-electron chi connectivity index (χ4n) is 4.42. The fraction of sp³-hybridized carbons (Fsp3) is 0.321. The van der Waals surface area contributed by atoms with Crippen LogP contribution >= 0.6 is 0 Å². The van der Waals surface area contributed by atoms with E-state index in [1.165, 1.54) is 22.4 Å². The molecule has 0 spiro atoms. The summed E-state index contributed by atoms with van der Waals surface area (Å²) in [5.41, 5.74) is 6.21. The third-order valence-electron chi connectivity index (χ3n) is 6.49. The molecule has 3 aromatic rings. The quantitative estimate of drug-likeness (QED) is 0.401. The molecule has 3 aromatic carbocycles. The van der Waals surface area contributed by atoms with E-state index in [0.717, 1.165) is 29.4 Å². The van der Waals surface area contributed by atoms with Crippen molar-refractivity contribution in [3.8, 4) is 17.2 Å². The molecule has 0 fully saturated rings. The molecule has 1 aliphatic rings. The van der Waals surface area contributed by atoms with E-state index in [1.54, 1.807) is 7.11 Å². The number of anilines is 1. The van der Waals surface area contributed by atoms with Crippen molar-refractivity contribution < 1.29 is 9.47 Å². The van der Waals surface area contributed by atoms with Crippen LogP contribution in [0.15, 0.2) is 65.7 Å². The van der Waals surface area contributed by atoms with Gasteiger partial charge >= 0.3 is 0 Å². The van der Waals surface area contributed by atoms with Crippen molar-refractivity contribution in [2.45, 2.75) is 45.6 Å². The van der Waals surface area contributed by atoms with Crippen molar-refractivity contribution in [1.82, 2.24) is 0 Å². The second-order valence-corrected chi connectivity index (χ2v) is 9.28. The van der Waals surface area contributed by atoms with E-state index in [2.05, 4.69) is 51.8 Å². The van der Waals surface area contributed by atoms with E-state index in [4.69, 9.17) is 14.5 Å². The number of methoxy groups -OCH3 is 1. The minimum absolute atomic E-state index is 0.170. The Kier molecular flexibility index (Phi) is 5.96. The first-order valence-electron chi connectivity index (χ1n) is 11.1. The van der Waals surface area contributed by atoms with Crippen LogP contribution in [-0.2, 0) is 0 Å². The van der Waals surface area contributed by atoms with Crippen LogP contribution in [0, 0.1) is 6.92 Å². The minimum atomic E-state index is 0.170. The molecule has 0 aliphatic carbocycles. The van der Waals surface area contributed by atoms with Crippen LogP contribution in [0.5, 0.6) is 17.2 Å². The predicted molar refractivity (Wildman–Crippen MR) is 133 cm³/mol. The number of benzene rings is 3. The van der Waals surface area contributed by atoms with E-state index in [9.17, 15) is 0 Å². The zero-order valence-corrected chi connectivity index (χ0v) is 19.8. The van der Waals surface area contributed by atoms with Crippen LogP contribution < -0.4 is 14.4 Å². The molecule has 0 aromatic heterocycles. The first-order chi connectivity index (χ1) is 15.3. The number of fused-ring (bicyclic) bond motifs is 1. The number of hydrogen-bond donors (Lipinski definition) is 0. The van der Waals surface area contributed by atoms with Gasteiger partial charge in [-0.3, -0.25) is 4.99 Å². The summed E-state index contributed by atoms with van der Waals surface area (Å²) in [6, 6.07) is 20.0. The summed E-state index contributed by atoms with van der Waals surface area (Å²) in [6.45, 7) is 9.12. The van der Waals surface area contributed by atoms with Gasteiger partial charge in [0.25, 0.3) is 0 Å². The number of ether oxygens (including phenoxy) is 2. The molecule has 0 amide bonds. The van der Waals surface area contributed by atoms with Gasteiger partial charge in [-0.2, -0.15) is 0 Å². The molecule has 1 atom stereocenters. The maximum Gasteiger partial charge on any atom is 0.131 e. The molecule has 0 N–H and O–H groups in total. The number of hydrogen-bond acceptors (Lipinski definition) is 4. The molecule has 1 heterocycles. The Bertz CT molecular complexity index is 1130. The molecule has 4 heteroatoms. The highest BCUT2D eigenvalue weighted by molar-refractivity contribution is 5.86. The van der Waals surface area contributed by atoms with Crippen molar-refractivity contribution >= 4 is 17.6 Å². The summed E-state index contributed by atoms with van der Waals surface area (Å²) in [4.78, 5) is 7.13. The Balaban J connectivity index is 1.52. The fourth-order valence-corrected chi connectivity index (χ4v) is 4.42. The molecule has 0 radical (unpaired) electrons. The van der Waals surface area contributed by atoms with Gasteiger partial charge < -0.3 is 14.4 Å². The van der Waals surface area contributed by atoms with Crippen molar-refractivity contribution in [2.75, 3.05) is 19.1 Å². The number of nitrogens with zero attached hydrogens (tertiary/aromatic N) is 2. The maximum absolute atomic E-state index is 5.92. The van der Waals surface area contributed by atoms with Gasteiger partial charge in [0.15, 0.2) is 0 Å². The summed E-state index contributed by atoms with van der Waals surface area (Å²) in [6.07, 6.45) is 3.12. The van der Waals surface area contributed by atoms with Gasteiger partial charge in [-0.15, -0.1) is 0 Å². The van der Waals surface area contributed by atoms with Crippen molar-refractivity contribution in [3.63, 3.8) is 0 Å². The summed E-state index contributed by atoms with van der Waals surface area (Å²) >= 11 is 0. The molecule has 166 valence electrons. The normalized spacial score (nSPS) is 17.3. The second-order valence-electron chi connectivity index (χ2n) is 9.28. The van der Waals surface area contributed by atoms with Gasteiger partial charge in [-0.05, 0) is 98.3 Å². The molecule has 0 saturated heterocycles. The highest BCUT2D eigenvalue weighted by atomic mass is 16.5. The Morgan fingerprint density at radius 3 is 2.44 bits per heavy atom. The highest BCUT2D eigenvalue weighted by Gasteiger charge is 2.34. The zero-order valence-electron chi connectivity index (χ0n) is 19.8. The maximum atomic E-state index is 5.92. The van der Waals surface area contributed by atoms with Crippen molar-refractivity contribution in [2.24, 2.45) is 4.99 Å². The lowest BCUT2D eigenvalue weighted by molar-refractivity contribution is 0.395. The smallest absolute Gasteiger partial charge is 0.131 e. The minimum Gasteiger partial charge on any atom is -0.497 e. The average Bonchev–Trinajstić information content (AvgIpc) is 2.77. The summed E-state index contributed by atoms with van der Waals surface area (Å²) < 4.78 is 11.2. The third kappa shape index (κ3) is 4.50. The van der Waals surface area contributed by atoms with E-state index < -0.39 is 0 Å². The molecule has 32 heavy (non-hydrogen) atoms. The van der Waals surface area contributed by atoms with E-state index >= 15 is 0 Å². The lowest BCUT2D eigenvalue weighted by Crippen LogP contribution is -2.45. The summed E-state index contributed by atoms with van der Waals surface area (Å²) in [5, 5.41) is 0. The Morgan fingerprint density at radius 1 is 1.00 bits per heavy atom. The number of rotatable bonds is 5. The SMILES string of the molecule is COc1cccc(Oc2ccc(N=Cc3cc4c(cc3C)N(C)C(C)(C)CC4C)cc2)c1. The van der Waals surface area contributed by atoms with Crippen LogP contribution in [-0.4, -0.2) is 25.9 Å². The Labute approximate surface area is 191 Å². The number of aliphatic imine (C=N–C) groups is 1. The van der Waals surface area contributed by atoms with Crippen molar-refractivity contribution in [1.29, 1.82) is 0 Å². The zero-order chi connectivity index (χ0) is 22.9. The lowest BCUT2D eigenvalue weighted by atomic mass is 9.79. The molecule has 1 aliphatic heterocycles. The molecule has 4 nitrogen and oxygen atoms in total. The third-order valence-corrected chi connectivity index (χ3v) is 6.49. The average molecular weight is 429 g/mol. The Hall–Kier alpha value is -3.27. The Morgan fingerprint density at radius 2 is 1.72 bits per heavy atom. The van der Waals surface area contributed by atoms with E-state index in [0.29, 0.717) is 5.92 Å². The summed E-state index contributed by atoms with van der Waals surface area (Å²) in [5.74, 6) is 2.80. The van der Waals surface area contributed by atoms with Crippen molar-refractivity contribution in [3.05, 3.63) is 77.4 Å². The van der Waals surface area contributed by atoms with E-state index in [1.807, 2.05) is 54.7 Å². The number of aryl methyl sites for hydroxylation is 1. The monoisotopic (exact) mass is 428 g/mol. The van der Waals surface area contributed by atoms with Gasteiger partial charge in [-0.25, -0.2) is 0 Å². The first kappa shape index (κ1) is 21.9. The topological polar surface area (TPSA) is 34.1 Å². The molecule has 1 unspecified atom stereocenters. The van der Waals surface area contributed by atoms with Gasteiger partial charge in [0, 0.05) is 30.6 Å². The van der Waals surface area contributed by atoms with Crippen LogP contribution in [0.3, 0.4) is 0 Å². The van der Waals surface area contributed by atoms with Crippen LogP contribution in [0.4, 0.5) is 11.4 Å². The molecular weight excluding hydrogens is 396 g/mol. The second kappa shape index (κ2) is 8.70. The van der Waals surface area contributed by atoms with Gasteiger partial charge in [0.1, 0.15) is 17.2 Å². The van der Waals surface area contributed by atoms with E-state index in [-0.39, 0.29) is 5.54 Å². The first-order valence-corrected chi connectivity index (χ1v) is 11.1. The molecule has 4 rings (SSSR count). The van der Waals surface area contributed by atoms with Crippen LogP contribution in [0.1, 0.15) is 49.8 Å². The molecule has 0 saturated carbocycles. The van der Waals surface area contributed by atoms with Gasteiger partial charge in [-0.1, -0.05) is 13.0 Å². The predicted octanol–water partition coefficient (Wildman–Crippen LogP) is 7.27. The van der Waals surface area contributed by atoms with Gasteiger partial charge in [0.05, 0.1) is 12.8 Å². The highest BCUT2D eigenvalue weighted by Crippen LogP contribution is 2.43. The molecule has 0 bridgehead atoms. The lowest BCUT2D eigenvalue weighted by Gasteiger charge is -2.45. The summed E-state index contributed by atoms with van der Waals surface area (Å²) in [7, 11) is 3.85. The van der Waals surface area contributed by atoms with Crippen LogP contribution in [0.2, 0.25) is 0 Å².